The maximum atomic E-state index is 13.9. The number of carbonyl (C=O) groups is 1. The zero-order chi connectivity index (χ0) is 24.4. The molecule has 3 N–H and O–H groups in total. The van der Waals surface area contributed by atoms with Gasteiger partial charge in [0.1, 0.15) is 11.7 Å². The average molecular weight is 482 g/mol. The lowest BCUT2D eigenvalue weighted by Crippen LogP contribution is -2.77. The van der Waals surface area contributed by atoms with Crippen LogP contribution >= 0.6 is 0 Å². The number of ketones is 1. The molecule has 9 nitrogen and oxygen atoms in total. The van der Waals surface area contributed by atoms with Crippen molar-refractivity contribution in [1.29, 1.82) is 0 Å². The highest BCUT2D eigenvalue weighted by Gasteiger charge is 2.87. The molecule has 1 aliphatic heterocycles. The van der Waals surface area contributed by atoms with Gasteiger partial charge in [-0.3, -0.25) is 9.69 Å². The van der Waals surface area contributed by atoms with Crippen LogP contribution in [0.4, 0.5) is 0 Å². The lowest BCUT2D eigenvalue weighted by molar-refractivity contribution is -0.280. The maximum absolute atomic E-state index is 13.9. The van der Waals surface area contributed by atoms with Crippen molar-refractivity contribution in [3.05, 3.63) is 0 Å². The van der Waals surface area contributed by atoms with Crippen molar-refractivity contribution < 1.29 is 39.1 Å². The van der Waals surface area contributed by atoms with Crippen LogP contribution in [0.5, 0.6) is 0 Å². The van der Waals surface area contributed by atoms with E-state index in [9.17, 15) is 20.1 Å². The molecular formula is C25H39NO8. The van der Waals surface area contributed by atoms with Gasteiger partial charge in [-0.1, -0.05) is 6.92 Å². The van der Waals surface area contributed by atoms with Gasteiger partial charge in [0.2, 0.25) is 0 Å². The summed E-state index contributed by atoms with van der Waals surface area (Å²) < 4.78 is 23.8. The highest BCUT2D eigenvalue weighted by atomic mass is 16.5. The van der Waals surface area contributed by atoms with Gasteiger partial charge < -0.3 is 34.3 Å². The predicted octanol–water partition coefficient (Wildman–Crippen LogP) is -0.694. The summed E-state index contributed by atoms with van der Waals surface area (Å²) in [4.78, 5) is 16.4. The van der Waals surface area contributed by atoms with Crippen molar-refractivity contribution in [2.24, 2.45) is 40.4 Å². The Bertz CT molecular complexity index is 872. The third-order valence-electron chi connectivity index (χ3n) is 11.3. The van der Waals surface area contributed by atoms with Crippen LogP contribution in [0.2, 0.25) is 0 Å². The number of aliphatic hydroxyl groups excluding tert-OH is 2. The summed E-state index contributed by atoms with van der Waals surface area (Å²) in [5.41, 5.74) is -2.72. The molecule has 7 bridgehead atoms. The van der Waals surface area contributed by atoms with Crippen molar-refractivity contribution in [2.45, 2.75) is 61.9 Å². The van der Waals surface area contributed by atoms with E-state index < -0.39 is 46.6 Å². The highest BCUT2D eigenvalue weighted by molar-refractivity contribution is 5.90. The van der Waals surface area contributed by atoms with Crippen LogP contribution < -0.4 is 0 Å². The molecule has 9 heteroatoms. The van der Waals surface area contributed by atoms with Crippen molar-refractivity contribution in [3.63, 3.8) is 0 Å². The molecule has 6 aliphatic rings. The summed E-state index contributed by atoms with van der Waals surface area (Å²) in [7, 11) is 6.50. The minimum atomic E-state index is -1.62. The Labute approximate surface area is 200 Å². The summed E-state index contributed by atoms with van der Waals surface area (Å²) in [6, 6.07) is -0.0183. The topological polar surface area (TPSA) is 118 Å². The average Bonchev–Trinajstić information content (AvgIpc) is 3.13. The Balaban J connectivity index is 1.66. The standard InChI is InChI=1S/C25H39NO8/c1-6-26-9-23(10-31-2)12(27)7-13(32-3)25-11-8-24(30)21(29)14(11)15(17(28)22(24)34-5)16(20(25)26)18(33-4)19(23)25/h11-16,18-22,27,29-30H,6-10H2,1-5H3/t11-,12-,13+,14+,15+,16+,18+,19-,20?,21-,22+,23+,24-,25+/m1/s1. The monoisotopic (exact) mass is 481 g/mol. The second-order valence-corrected chi connectivity index (χ2v) is 11.8. The van der Waals surface area contributed by atoms with E-state index in [4.69, 9.17) is 18.9 Å². The van der Waals surface area contributed by atoms with Crippen molar-refractivity contribution >= 4 is 5.78 Å². The van der Waals surface area contributed by atoms with Gasteiger partial charge in [-0.05, 0) is 18.9 Å². The molecule has 0 aromatic rings. The lowest BCUT2D eigenvalue weighted by atomic mass is 9.43. The molecule has 1 saturated heterocycles. The van der Waals surface area contributed by atoms with Gasteiger partial charge in [-0.2, -0.15) is 0 Å². The number of fused-ring (bicyclic) bond motifs is 2. The first kappa shape index (κ1) is 23.7. The molecule has 192 valence electrons. The largest absolute Gasteiger partial charge is 0.392 e. The number of aliphatic hydroxyl groups is 3. The maximum Gasteiger partial charge on any atom is 0.168 e. The summed E-state index contributed by atoms with van der Waals surface area (Å²) in [6.07, 6.45) is -2.65. The SMILES string of the molecule is CCN1C[C@]2(COC)[C@H](O)C[C@H](OC)[C@]34C1[C@H]([C@H](OC)[C@H]23)[C@H]1C(=O)[C@H](OC)[C@@]2(O)C[C@@H]4[C@@H]1[C@H]2O. The van der Waals surface area contributed by atoms with Crippen LogP contribution in [0.1, 0.15) is 19.8 Å². The van der Waals surface area contributed by atoms with Crippen LogP contribution in [-0.2, 0) is 23.7 Å². The Morgan fingerprint density at radius 2 is 1.82 bits per heavy atom. The van der Waals surface area contributed by atoms with Gasteiger partial charge in [-0.15, -0.1) is 0 Å². The lowest BCUT2D eigenvalue weighted by Gasteiger charge is -2.69. The number of hydrogen-bond acceptors (Lipinski definition) is 9. The number of methoxy groups -OCH3 is 4. The zero-order valence-electron chi connectivity index (χ0n) is 20.7. The molecule has 6 fully saturated rings. The summed E-state index contributed by atoms with van der Waals surface area (Å²) in [6.45, 7) is 3.89. The third kappa shape index (κ3) is 2.25. The quantitative estimate of drug-likeness (QED) is 0.453. The van der Waals surface area contributed by atoms with Gasteiger partial charge in [-0.25, -0.2) is 0 Å². The minimum absolute atomic E-state index is 0.0183. The van der Waals surface area contributed by atoms with Crippen molar-refractivity contribution in [2.75, 3.05) is 48.1 Å². The Morgan fingerprint density at radius 3 is 2.41 bits per heavy atom. The first-order chi connectivity index (χ1) is 16.2. The third-order valence-corrected chi connectivity index (χ3v) is 11.3. The van der Waals surface area contributed by atoms with Crippen LogP contribution in [0.15, 0.2) is 0 Å². The molecule has 0 amide bonds. The first-order valence-electron chi connectivity index (χ1n) is 12.7. The molecule has 0 aromatic carbocycles. The second kappa shape index (κ2) is 7.44. The molecule has 1 heterocycles. The molecule has 0 aromatic heterocycles. The molecular weight excluding hydrogens is 442 g/mol. The van der Waals surface area contributed by atoms with Gasteiger partial charge in [0.15, 0.2) is 5.78 Å². The predicted molar refractivity (Wildman–Crippen MR) is 119 cm³/mol. The van der Waals surface area contributed by atoms with Gasteiger partial charge in [0.05, 0.1) is 31.0 Å². The van der Waals surface area contributed by atoms with Crippen molar-refractivity contribution in [1.82, 2.24) is 4.90 Å². The number of likely N-dealkylation sites (tertiary alicyclic amines) is 1. The molecule has 6 rings (SSSR count). The van der Waals surface area contributed by atoms with Crippen LogP contribution in [0, 0.1) is 40.4 Å². The van der Waals surface area contributed by atoms with E-state index in [2.05, 4.69) is 11.8 Å². The van der Waals surface area contributed by atoms with E-state index in [1.165, 1.54) is 7.11 Å². The van der Waals surface area contributed by atoms with Crippen LogP contribution in [0.3, 0.4) is 0 Å². The van der Waals surface area contributed by atoms with Crippen LogP contribution in [0.25, 0.3) is 0 Å². The smallest absolute Gasteiger partial charge is 0.168 e. The Kier molecular flexibility index (Phi) is 5.20. The number of rotatable bonds is 6. The van der Waals surface area contributed by atoms with E-state index in [-0.39, 0.29) is 48.2 Å². The van der Waals surface area contributed by atoms with Gasteiger partial charge >= 0.3 is 0 Å². The van der Waals surface area contributed by atoms with E-state index >= 15 is 0 Å². The number of piperidine rings is 1. The first-order valence-corrected chi connectivity index (χ1v) is 12.7. The number of hydrogen-bond donors (Lipinski definition) is 3. The molecule has 1 spiro atoms. The van der Waals surface area contributed by atoms with E-state index in [1.807, 2.05) is 0 Å². The van der Waals surface area contributed by atoms with Gasteiger partial charge in [0, 0.05) is 81.9 Å². The second-order valence-electron chi connectivity index (χ2n) is 11.8. The molecule has 1 unspecified atom stereocenters. The van der Waals surface area contributed by atoms with Gasteiger partial charge in [0.25, 0.3) is 0 Å². The van der Waals surface area contributed by atoms with Crippen molar-refractivity contribution in [3.8, 4) is 0 Å². The van der Waals surface area contributed by atoms with Crippen LogP contribution in [-0.4, -0.2) is 116 Å². The Hall–Kier alpha value is -0.650. The normalized spacial score (nSPS) is 59.5. The number of ether oxygens (including phenoxy) is 4. The molecule has 14 atom stereocenters. The fraction of sp³-hybridized carbons (Fsp3) is 0.960. The van der Waals surface area contributed by atoms with E-state index in [0.29, 0.717) is 19.6 Å². The zero-order valence-corrected chi connectivity index (χ0v) is 20.7. The van der Waals surface area contributed by atoms with E-state index in [1.54, 1.807) is 21.3 Å². The summed E-state index contributed by atoms with van der Waals surface area (Å²) in [5, 5.41) is 34.9. The number of Topliss-reactive ketones (excluding diaryl/α,β-unsaturated/α-hetero) is 1. The summed E-state index contributed by atoms with van der Waals surface area (Å²) in [5.74, 6) is -1.50. The minimum Gasteiger partial charge on any atom is -0.392 e. The fourth-order valence-electron chi connectivity index (χ4n) is 10.8. The highest BCUT2D eigenvalue weighted by Crippen LogP contribution is 2.78. The molecule has 34 heavy (non-hydrogen) atoms. The number of nitrogens with zero attached hydrogens (tertiary/aromatic N) is 1. The molecule has 0 radical (unpaired) electrons. The summed E-state index contributed by atoms with van der Waals surface area (Å²) >= 11 is 0. The molecule has 5 aliphatic carbocycles. The molecule has 5 saturated carbocycles. The van der Waals surface area contributed by atoms with E-state index in [0.717, 1.165) is 6.54 Å². The fourth-order valence-corrected chi connectivity index (χ4v) is 10.8. The number of carbonyl (C=O) groups excluding carboxylic acids is 1. The Morgan fingerprint density at radius 1 is 1.09 bits per heavy atom.